The van der Waals surface area contributed by atoms with Crippen LogP contribution in [0.25, 0.3) is 0 Å². The molecule has 100 valence electrons. The van der Waals surface area contributed by atoms with E-state index in [9.17, 15) is 4.79 Å². The highest BCUT2D eigenvalue weighted by molar-refractivity contribution is 5.94. The summed E-state index contributed by atoms with van der Waals surface area (Å²) >= 11 is 0. The van der Waals surface area contributed by atoms with Gasteiger partial charge in [0.2, 0.25) is 5.91 Å². The number of para-hydroxylation sites is 1. The van der Waals surface area contributed by atoms with E-state index in [1.165, 1.54) is 4.68 Å². The fourth-order valence-corrected chi connectivity index (χ4v) is 1.67. The molecule has 0 bridgehead atoms. The van der Waals surface area contributed by atoms with Crippen LogP contribution in [0.5, 0.6) is 0 Å². The number of amides is 1. The molecule has 6 heteroatoms. The van der Waals surface area contributed by atoms with E-state index in [-0.39, 0.29) is 5.91 Å². The number of aryl methyl sites for hydroxylation is 1. The van der Waals surface area contributed by atoms with Gasteiger partial charge in [0.15, 0.2) is 0 Å². The van der Waals surface area contributed by atoms with E-state index in [0.29, 0.717) is 12.2 Å². The Morgan fingerprint density at radius 1 is 1.47 bits per heavy atom. The van der Waals surface area contributed by atoms with Crippen LogP contribution in [0.15, 0.2) is 30.5 Å². The number of hydrogen-bond acceptors (Lipinski definition) is 4. The first-order valence-electron chi connectivity index (χ1n) is 6.09. The monoisotopic (exact) mass is 259 g/mol. The molecular weight excluding hydrogens is 242 g/mol. The third-order valence-electron chi connectivity index (χ3n) is 2.95. The number of aromatic nitrogens is 3. The zero-order valence-corrected chi connectivity index (χ0v) is 11.0. The molecule has 1 heterocycles. The Morgan fingerprint density at radius 3 is 2.84 bits per heavy atom. The number of nitrogens with zero attached hydrogens (tertiary/aromatic N) is 3. The molecule has 1 aromatic heterocycles. The largest absolute Gasteiger partial charge is 0.325 e. The quantitative estimate of drug-likeness (QED) is 0.865. The molecule has 0 aliphatic carbocycles. The number of benzene rings is 1. The van der Waals surface area contributed by atoms with E-state index in [0.717, 1.165) is 11.3 Å². The molecule has 0 spiro atoms. The molecule has 1 aromatic carbocycles. The average molecular weight is 259 g/mol. The summed E-state index contributed by atoms with van der Waals surface area (Å²) in [5.41, 5.74) is 7.95. The Balaban J connectivity index is 2.09. The molecule has 1 atom stereocenters. The molecular formula is C13H17N5O. The third-order valence-corrected chi connectivity index (χ3v) is 2.95. The zero-order chi connectivity index (χ0) is 13.8. The van der Waals surface area contributed by atoms with Crippen molar-refractivity contribution in [3.8, 4) is 0 Å². The van der Waals surface area contributed by atoms with Gasteiger partial charge in [0.05, 0.1) is 11.9 Å². The Labute approximate surface area is 111 Å². The molecule has 0 radical (unpaired) electrons. The van der Waals surface area contributed by atoms with Gasteiger partial charge in [0, 0.05) is 12.2 Å². The molecule has 1 amide bonds. The second-order valence-corrected chi connectivity index (χ2v) is 4.37. The standard InChI is InChI=1S/C13H17N5O/c1-9-5-3-4-6-12(9)15-13(19)10(2)18-8-11(7-14)16-17-18/h3-6,8,10H,7,14H2,1-2H3,(H,15,19). The molecule has 3 N–H and O–H groups in total. The van der Waals surface area contributed by atoms with E-state index in [1.54, 1.807) is 13.1 Å². The van der Waals surface area contributed by atoms with Crippen LogP contribution in [0, 0.1) is 6.92 Å². The molecule has 0 saturated carbocycles. The fourth-order valence-electron chi connectivity index (χ4n) is 1.67. The van der Waals surface area contributed by atoms with Crippen molar-refractivity contribution in [1.29, 1.82) is 0 Å². The first-order valence-corrected chi connectivity index (χ1v) is 6.09. The number of nitrogens with two attached hydrogens (primary N) is 1. The van der Waals surface area contributed by atoms with Crippen molar-refractivity contribution in [1.82, 2.24) is 15.0 Å². The number of rotatable bonds is 4. The van der Waals surface area contributed by atoms with Gasteiger partial charge in [-0.1, -0.05) is 23.4 Å². The van der Waals surface area contributed by atoms with Gasteiger partial charge in [0.1, 0.15) is 6.04 Å². The number of carbonyl (C=O) groups is 1. The summed E-state index contributed by atoms with van der Waals surface area (Å²) in [6.45, 7) is 4.02. The molecule has 0 fully saturated rings. The van der Waals surface area contributed by atoms with Crippen molar-refractivity contribution in [2.45, 2.75) is 26.4 Å². The van der Waals surface area contributed by atoms with Crippen molar-refractivity contribution in [2.24, 2.45) is 5.73 Å². The maximum Gasteiger partial charge on any atom is 0.249 e. The summed E-state index contributed by atoms with van der Waals surface area (Å²) in [6, 6.07) is 7.19. The predicted molar refractivity (Wildman–Crippen MR) is 72.4 cm³/mol. The van der Waals surface area contributed by atoms with Gasteiger partial charge in [-0.25, -0.2) is 4.68 Å². The van der Waals surface area contributed by atoms with E-state index in [1.807, 2.05) is 31.2 Å². The highest BCUT2D eigenvalue weighted by Crippen LogP contribution is 2.15. The van der Waals surface area contributed by atoms with E-state index in [2.05, 4.69) is 15.6 Å². The molecule has 0 aliphatic heterocycles. The summed E-state index contributed by atoms with van der Waals surface area (Å²) in [4.78, 5) is 12.1. The normalized spacial score (nSPS) is 12.2. The minimum Gasteiger partial charge on any atom is -0.325 e. The maximum absolute atomic E-state index is 12.1. The van der Waals surface area contributed by atoms with Crippen LogP contribution >= 0.6 is 0 Å². The number of carbonyl (C=O) groups excluding carboxylic acids is 1. The van der Waals surface area contributed by atoms with Crippen molar-refractivity contribution in [3.63, 3.8) is 0 Å². The van der Waals surface area contributed by atoms with Crippen molar-refractivity contribution in [3.05, 3.63) is 41.7 Å². The zero-order valence-electron chi connectivity index (χ0n) is 11.0. The summed E-state index contributed by atoms with van der Waals surface area (Å²) < 4.78 is 1.51. The average Bonchev–Trinajstić information content (AvgIpc) is 2.89. The fraction of sp³-hybridized carbons (Fsp3) is 0.308. The molecule has 1 unspecified atom stereocenters. The van der Waals surface area contributed by atoms with Crippen molar-refractivity contribution >= 4 is 11.6 Å². The lowest BCUT2D eigenvalue weighted by Crippen LogP contribution is -2.24. The van der Waals surface area contributed by atoms with Gasteiger partial charge in [-0.3, -0.25) is 4.79 Å². The molecule has 2 rings (SSSR count). The highest BCUT2D eigenvalue weighted by Gasteiger charge is 2.17. The van der Waals surface area contributed by atoms with Crippen LogP contribution in [0.4, 0.5) is 5.69 Å². The topological polar surface area (TPSA) is 85.8 Å². The third kappa shape index (κ3) is 2.97. The lowest BCUT2D eigenvalue weighted by molar-refractivity contribution is -0.119. The second kappa shape index (κ2) is 5.62. The molecule has 0 saturated heterocycles. The van der Waals surface area contributed by atoms with Crippen LogP contribution in [0.1, 0.15) is 24.2 Å². The maximum atomic E-state index is 12.1. The van der Waals surface area contributed by atoms with E-state index >= 15 is 0 Å². The lowest BCUT2D eigenvalue weighted by Gasteiger charge is -2.13. The van der Waals surface area contributed by atoms with E-state index < -0.39 is 6.04 Å². The highest BCUT2D eigenvalue weighted by atomic mass is 16.2. The van der Waals surface area contributed by atoms with Gasteiger partial charge in [-0.05, 0) is 25.5 Å². The molecule has 6 nitrogen and oxygen atoms in total. The minimum atomic E-state index is -0.438. The Hall–Kier alpha value is -2.21. The van der Waals surface area contributed by atoms with Crippen LogP contribution in [-0.2, 0) is 11.3 Å². The van der Waals surface area contributed by atoms with Crippen LogP contribution in [0.3, 0.4) is 0 Å². The molecule has 2 aromatic rings. The first-order chi connectivity index (χ1) is 9.11. The number of nitrogens with one attached hydrogen (secondary N) is 1. The van der Waals surface area contributed by atoms with E-state index in [4.69, 9.17) is 5.73 Å². The van der Waals surface area contributed by atoms with Gasteiger partial charge in [-0.2, -0.15) is 0 Å². The lowest BCUT2D eigenvalue weighted by atomic mass is 10.2. The summed E-state index contributed by atoms with van der Waals surface area (Å²) in [6.07, 6.45) is 1.68. The smallest absolute Gasteiger partial charge is 0.249 e. The molecule has 19 heavy (non-hydrogen) atoms. The molecule has 0 aliphatic rings. The number of anilines is 1. The van der Waals surface area contributed by atoms with Crippen LogP contribution in [0.2, 0.25) is 0 Å². The Morgan fingerprint density at radius 2 is 2.21 bits per heavy atom. The second-order valence-electron chi connectivity index (χ2n) is 4.37. The Bertz CT molecular complexity index is 578. The van der Waals surface area contributed by atoms with Crippen LogP contribution < -0.4 is 11.1 Å². The van der Waals surface area contributed by atoms with Gasteiger partial charge < -0.3 is 11.1 Å². The first kappa shape index (κ1) is 13.2. The van der Waals surface area contributed by atoms with Gasteiger partial charge >= 0.3 is 0 Å². The number of hydrogen-bond donors (Lipinski definition) is 2. The summed E-state index contributed by atoms with van der Waals surface area (Å²) in [5.74, 6) is -0.136. The van der Waals surface area contributed by atoms with Crippen molar-refractivity contribution in [2.75, 3.05) is 5.32 Å². The summed E-state index contributed by atoms with van der Waals surface area (Å²) in [7, 11) is 0. The summed E-state index contributed by atoms with van der Waals surface area (Å²) in [5, 5.41) is 10.6. The van der Waals surface area contributed by atoms with Gasteiger partial charge in [0.25, 0.3) is 0 Å². The SMILES string of the molecule is Cc1ccccc1NC(=O)C(C)n1cc(CN)nn1. The minimum absolute atomic E-state index is 0.136. The predicted octanol–water partition coefficient (Wildman–Crippen LogP) is 1.24. The Kier molecular flexibility index (Phi) is 3.91. The van der Waals surface area contributed by atoms with Gasteiger partial charge in [-0.15, -0.1) is 5.10 Å². The van der Waals surface area contributed by atoms with Crippen molar-refractivity contribution < 1.29 is 4.79 Å². The van der Waals surface area contributed by atoms with Crippen LogP contribution in [-0.4, -0.2) is 20.9 Å².